The van der Waals surface area contributed by atoms with Crippen LogP contribution in [0.15, 0.2) is 0 Å². The summed E-state index contributed by atoms with van der Waals surface area (Å²) in [4.78, 5) is 10.8. The largest absolute Gasteiger partial charge is 0.300 e. The minimum atomic E-state index is 0.446. The van der Waals surface area contributed by atoms with Crippen LogP contribution in [0.3, 0.4) is 0 Å². The van der Waals surface area contributed by atoms with Crippen molar-refractivity contribution in [2.75, 3.05) is 0 Å². The molecule has 0 aromatic heterocycles. The van der Waals surface area contributed by atoms with E-state index in [4.69, 9.17) is 0 Å². The summed E-state index contributed by atoms with van der Waals surface area (Å²) in [5, 5.41) is 0. The molecular weight excluding hydrogens is 131 g/mol. The molecule has 9 heavy (non-hydrogen) atoms. The summed E-state index contributed by atoms with van der Waals surface area (Å²) < 4.78 is 0. The summed E-state index contributed by atoms with van der Waals surface area (Å²) in [7, 11) is 2.81. The lowest BCUT2D eigenvalue weighted by molar-refractivity contribution is -0.121. The van der Waals surface area contributed by atoms with Gasteiger partial charge in [-0.15, -0.1) is 9.24 Å². The second-order valence-corrected chi connectivity index (χ2v) is 3.78. The second-order valence-electron chi connectivity index (χ2n) is 2.92. The Labute approximate surface area is 58.4 Å². The van der Waals surface area contributed by atoms with Gasteiger partial charge in [-0.05, 0) is 18.0 Å². The maximum absolute atomic E-state index is 10.8. The molecule has 1 aliphatic rings. The molecule has 1 rings (SSSR count). The number of ketones is 1. The predicted molar refractivity (Wildman–Crippen MR) is 41.5 cm³/mol. The summed E-state index contributed by atoms with van der Waals surface area (Å²) >= 11 is 0. The zero-order chi connectivity index (χ0) is 6.85. The molecule has 0 aromatic rings. The molecule has 0 radical (unpaired) electrons. The van der Waals surface area contributed by atoms with Crippen LogP contribution in [0.1, 0.15) is 26.2 Å². The van der Waals surface area contributed by atoms with Gasteiger partial charge in [0.15, 0.2) is 0 Å². The van der Waals surface area contributed by atoms with Crippen molar-refractivity contribution < 1.29 is 4.79 Å². The van der Waals surface area contributed by atoms with Crippen LogP contribution in [-0.4, -0.2) is 11.4 Å². The minimum Gasteiger partial charge on any atom is -0.300 e. The molecule has 52 valence electrons. The van der Waals surface area contributed by atoms with Gasteiger partial charge in [0, 0.05) is 12.8 Å². The van der Waals surface area contributed by atoms with E-state index in [2.05, 4.69) is 16.2 Å². The Kier molecular flexibility index (Phi) is 2.23. The number of rotatable bonds is 0. The van der Waals surface area contributed by atoms with Gasteiger partial charge in [-0.1, -0.05) is 6.92 Å². The van der Waals surface area contributed by atoms with E-state index in [1.54, 1.807) is 0 Å². The summed E-state index contributed by atoms with van der Waals surface area (Å²) in [6, 6.07) is 0. The van der Waals surface area contributed by atoms with Gasteiger partial charge in [-0.2, -0.15) is 0 Å². The van der Waals surface area contributed by atoms with Gasteiger partial charge in [0.25, 0.3) is 0 Å². The Morgan fingerprint density at radius 2 is 2.33 bits per heavy atom. The fourth-order valence-electron chi connectivity index (χ4n) is 1.22. The van der Waals surface area contributed by atoms with Crippen molar-refractivity contribution in [2.24, 2.45) is 5.92 Å². The molecule has 1 aliphatic carbocycles. The van der Waals surface area contributed by atoms with Crippen molar-refractivity contribution in [3.8, 4) is 0 Å². The maximum atomic E-state index is 10.8. The molecular formula is C7H13OP. The first-order valence-electron chi connectivity index (χ1n) is 3.47. The summed E-state index contributed by atoms with van der Waals surface area (Å²) in [5.74, 6) is 1.04. The molecule has 1 saturated carbocycles. The normalized spacial score (nSPS) is 36.9. The summed E-state index contributed by atoms with van der Waals surface area (Å²) in [6.45, 7) is 2.15. The van der Waals surface area contributed by atoms with E-state index in [9.17, 15) is 4.79 Å². The minimum absolute atomic E-state index is 0.446. The van der Waals surface area contributed by atoms with Crippen LogP contribution < -0.4 is 0 Å². The molecule has 0 aliphatic heterocycles. The zero-order valence-electron chi connectivity index (χ0n) is 5.76. The van der Waals surface area contributed by atoms with Crippen molar-refractivity contribution in [2.45, 2.75) is 31.8 Å². The van der Waals surface area contributed by atoms with Gasteiger partial charge in [0.2, 0.25) is 0 Å². The third-order valence-corrected chi connectivity index (χ3v) is 3.03. The third kappa shape index (κ3) is 1.76. The predicted octanol–water partition coefficient (Wildman–Crippen LogP) is 1.62. The van der Waals surface area contributed by atoms with E-state index >= 15 is 0 Å². The molecule has 0 N–H and O–H groups in total. The quantitative estimate of drug-likeness (QED) is 0.472. The number of Topliss-reactive ketones (excluding diaryl/α,β-unsaturated/α-hetero) is 1. The highest BCUT2D eigenvalue weighted by atomic mass is 31.0. The SMILES string of the molecule is CC1CC(=O)CCC1P. The van der Waals surface area contributed by atoms with Gasteiger partial charge in [-0.25, -0.2) is 0 Å². The Hall–Kier alpha value is 0.100. The van der Waals surface area contributed by atoms with Crippen LogP contribution in [0.2, 0.25) is 0 Å². The molecule has 3 unspecified atom stereocenters. The first-order valence-corrected chi connectivity index (χ1v) is 4.14. The van der Waals surface area contributed by atoms with Gasteiger partial charge in [0.05, 0.1) is 0 Å². The molecule has 0 spiro atoms. The van der Waals surface area contributed by atoms with Crippen molar-refractivity contribution in [3.63, 3.8) is 0 Å². The second kappa shape index (κ2) is 2.79. The lowest BCUT2D eigenvalue weighted by atomic mass is 9.89. The number of hydrogen-bond donors (Lipinski definition) is 0. The van der Waals surface area contributed by atoms with Crippen LogP contribution in [0.25, 0.3) is 0 Å². The van der Waals surface area contributed by atoms with Gasteiger partial charge in [0.1, 0.15) is 5.78 Å². The summed E-state index contributed by atoms with van der Waals surface area (Å²) in [5.41, 5.74) is 0.683. The molecule has 0 heterocycles. The van der Waals surface area contributed by atoms with Crippen LogP contribution in [0, 0.1) is 5.92 Å². The molecule has 1 fully saturated rings. The summed E-state index contributed by atoms with van der Waals surface area (Å²) in [6.07, 6.45) is 2.68. The van der Waals surface area contributed by atoms with Crippen molar-refractivity contribution in [1.29, 1.82) is 0 Å². The number of carbonyl (C=O) groups excluding carboxylic acids is 1. The van der Waals surface area contributed by atoms with E-state index in [0.717, 1.165) is 19.3 Å². The molecule has 0 saturated heterocycles. The fraction of sp³-hybridized carbons (Fsp3) is 0.857. The van der Waals surface area contributed by atoms with Crippen molar-refractivity contribution >= 4 is 15.0 Å². The Morgan fingerprint density at radius 1 is 1.67 bits per heavy atom. The standard InChI is InChI=1S/C7H13OP/c1-5-4-6(8)2-3-7(5)9/h5,7H,2-4,9H2,1H3. The first-order chi connectivity index (χ1) is 4.20. The van der Waals surface area contributed by atoms with Crippen molar-refractivity contribution in [3.05, 3.63) is 0 Å². The van der Waals surface area contributed by atoms with E-state index in [1.165, 1.54) is 0 Å². The van der Waals surface area contributed by atoms with Crippen LogP contribution >= 0.6 is 9.24 Å². The Balaban J connectivity index is 2.44. The van der Waals surface area contributed by atoms with E-state index in [0.29, 0.717) is 17.4 Å². The zero-order valence-corrected chi connectivity index (χ0v) is 6.92. The topological polar surface area (TPSA) is 17.1 Å². The van der Waals surface area contributed by atoms with E-state index < -0.39 is 0 Å². The average Bonchev–Trinajstić information content (AvgIpc) is 1.80. The van der Waals surface area contributed by atoms with Gasteiger partial charge in [-0.3, -0.25) is 4.79 Å². The Morgan fingerprint density at radius 3 is 2.78 bits per heavy atom. The van der Waals surface area contributed by atoms with Gasteiger partial charge < -0.3 is 0 Å². The Bertz CT molecular complexity index is 122. The molecule has 0 aromatic carbocycles. The number of hydrogen-bond acceptors (Lipinski definition) is 1. The lowest BCUT2D eigenvalue weighted by Gasteiger charge is -2.23. The highest BCUT2D eigenvalue weighted by Gasteiger charge is 2.21. The monoisotopic (exact) mass is 144 g/mol. The number of carbonyl (C=O) groups is 1. The lowest BCUT2D eigenvalue weighted by Crippen LogP contribution is -2.22. The smallest absolute Gasteiger partial charge is 0.133 e. The first kappa shape index (κ1) is 7.21. The average molecular weight is 144 g/mol. The maximum Gasteiger partial charge on any atom is 0.133 e. The fourth-order valence-corrected chi connectivity index (χ4v) is 1.53. The van der Waals surface area contributed by atoms with E-state index in [1.807, 2.05) is 0 Å². The highest BCUT2D eigenvalue weighted by molar-refractivity contribution is 7.17. The molecule has 1 nitrogen and oxygen atoms in total. The molecule has 2 heteroatoms. The van der Waals surface area contributed by atoms with Crippen molar-refractivity contribution in [1.82, 2.24) is 0 Å². The van der Waals surface area contributed by atoms with Crippen LogP contribution in [-0.2, 0) is 4.79 Å². The molecule has 3 atom stereocenters. The molecule has 0 amide bonds. The van der Waals surface area contributed by atoms with Crippen LogP contribution in [0.4, 0.5) is 0 Å². The third-order valence-electron chi connectivity index (χ3n) is 2.04. The molecule has 0 bridgehead atoms. The van der Waals surface area contributed by atoms with Crippen LogP contribution in [0.5, 0.6) is 0 Å². The highest BCUT2D eigenvalue weighted by Crippen LogP contribution is 2.27. The van der Waals surface area contributed by atoms with E-state index in [-0.39, 0.29) is 0 Å². The van der Waals surface area contributed by atoms with Gasteiger partial charge >= 0.3 is 0 Å².